The number of unbranched alkanes of at least 4 members (excludes halogenated alkanes) is 2. The minimum Gasteiger partial charge on any atom is -0.479 e. The quantitative estimate of drug-likeness (QED) is 0.0257. The Morgan fingerprint density at radius 2 is 1.51 bits per heavy atom. The lowest BCUT2D eigenvalue weighted by Gasteiger charge is -2.40. The van der Waals surface area contributed by atoms with Gasteiger partial charge >= 0.3 is 18.0 Å². The molecule has 10 atom stereocenters. The molecule has 9 amide bonds. The number of thioether (sulfide) groups is 1. The molecule has 0 spiro atoms. The molecule has 2 heterocycles. The van der Waals surface area contributed by atoms with Gasteiger partial charge in [-0.25, -0.2) is 14.4 Å². The zero-order chi connectivity index (χ0) is 71.8. The highest BCUT2D eigenvalue weighted by Crippen LogP contribution is 2.33. The second-order valence-electron chi connectivity index (χ2n) is 25.4. The van der Waals surface area contributed by atoms with Gasteiger partial charge in [-0.1, -0.05) is 79.2 Å². The van der Waals surface area contributed by atoms with Gasteiger partial charge in [-0.15, -0.1) is 0 Å². The van der Waals surface area contributed by atoms with E-state index in [1.807, 2.05) is 13.8 Å². The molecule has 30 nitrogen and oxygen atoms in total. The zero-order valence-electron chi connectivity index (χ0n) is 56.6. The summed E-state index contributed by atoms with van der Waals surface area (Å²) in [4.78, 5) is 146. The van der Waals surface area contributed by atoms with Crippen molar-refractivity contribution in [2.24, 2.45) is 11.3 Å². The Hall–Kier alpha value is -7.78. The van der Waals surface area contributed by atoms with Crippen LogP contribution in [0.15, 0.2) is 54.1 Å². The van der Waals surface area contributed by atoms with Crippen LogP contribution in [0.2, 0.25) is 0 Å². The summed E-state index contributed by atoms with van der Waals surface area (Å²) in [5.74, 6) is -6.85. The number of ether oxygens (including phenoxy) is 5. The Labute approximate surface area is 563 Å². The smallest absolute Gasteiger partial charge is 0.411 e. The fraction of sp³-hybridized carbons (Fsp3) is 0.615. The van der Waals surface area contributed by atoms with E-state index < -0.39 is 124 Å². The van der Waals surface area contributed by atoms with Crippen molar-refractivity contribution >= 4 is 82.7 Å². The number of hydrogen-bond acceptors (Lipinski definition) is 21. The normalized spacial score (nSPS) is 19.5. The van der Waals surface area contributed by atoms with Gasteiger partial charge in [0.25, 0.3) is 0 Å². The number of imide groups is 1. The predicted octanol–water partition coefficient (Wildman–Crippen LogP) is 1.44. The molecule has 96 heavy (non-hydrogen) atoms. The molecule has 0 aromatic heterocycles. The van der Waals surface area contributed by atoms with Crippen molar-refractivity contribution in [3.8, 4) is 5.75 Å². The van der Waals surface area contributed by atoms with Crippen LogP contribution in [0.5, 0.6) is 5.75 Å². The molecular formula is C65H97N9O21S. The summed E-state index contributed by atoms with van der Waals surface area (Å²) in [6, 6.07) is 7.03. The van der Waals surface area contributed by atoms with E-state index >= 15 is 0 Å². The number of carbonyl (C=O) groups is 11. The lowest BCUT2D eigenvalue weighted by atomic mass is 9.76. The van der Waals surface area contributed by atoms with Crippen molar-refractivity contribution in [1.82, 2.24) is 41.7 Å². The topological polar surface area (TPSA) is 426 Å². The number of methoxy groups -OCH3 is 1. The second kappa shape index (κ2) is 38.2. The van der Waals surface area contributed by atoms with Gasteiger partial charge in [0, 0.05) is 88.3 Å². The van der Waals surface area contributed by atoms with Gasteiger partial charge in [-0.3, -0.25) is 48.6 Å². The summed E-state index contributed by atoms with van der Waals surface area (Å²) in [6.07, 6.45) is -6.50. The predicted molar refractivity (Wildman–Crippen MR) is 351 cm³/mol. The van der Waals surface area contributed by atoms with Gasteiger partial charge in [-0.05, 0) is 79.8 Å². The number of amides is 9. The van der Waals surface area contributed by atoms with E-state index in [0.717, 1.165) is 0 Å². The van der Waals surface area contributed by atoms with E-state index in [4.69, 9.17) is 23.7 Å². The summed E-state index contributed by atoms with van der Waals surface area (Å²) >= 11 is 1.31. The molecule has 0 aliphatic carbocycles. The molecule has 2 aromatic carbocycles. The maximum atomic E-state index is 14.3. The van der Waals surface area contributed by atoms with Crippen LogP contribution in [0.1, 0.15) is 117 Å². The number of carboxylic acid groups (broad SMARTS) is 2. The molecule has 534 valence electrons. The molecule has 2 aliphatic rings. The average Bonchev–Trinajstić information content (AvgIpc) is 1.01. The maximum absolute atomic E-state index is 14.3. The molecule has 2 fully saturated rings. The maximum Gasteiger partial charge on any atom is 0.411 e. The zero-order valence-corrected chi connectivity index (χ0v) is 57.5. The van der Waals surface area contributed by atoms with E-state index in [1.165, 1.54) is 59.9 Å². The van der Waals surface area contributed by atoms with Gasteiger partial charge in [0.05, 0.1) is 37.2 Å². The molecule has 0 saturated carbocycles. The fourth-order valence-electron chi connectivity index (χ4n) is 10.5. The van der Waals surface area contributed by atoms with Crippen molar-refractivity contribution < 1.29 is 102 Å². The number of carboxylic acids is 2. The van der Waals surface area contributed by atoms with Crippen LogP contribution in [0.4, 0.5) is 10.5 Å². The minimum absolute atomic E-state index is 0.0234. The standard InChI is InChI=1S/C65H97N9O21S/c1-36(2)43(29-37(3)60(86)87)73(10)59(85)55(64(4,5)6)72-57(83)54(66-9)65(7,8)40-17-16-18-41(31-40)70-63(90)93-35-38-20-21-44(94-62-52(81)50(79)51(80)53(95-62)61(88)89)39(30-38)33-68-46(75)22-24-67-56(82)42(34-69-47(76)23-26-92-28-27-91-11)71-48(77)19-14-13-15-25-74-49(78)32-45(96-12)58(74)84/h16-18,20-21,29-31,36,42-43,45,50-55,62,66,79-81H,13-15,19,22-28,32-35H2,1-12H3,(H,67,82)(H,68,75)(H,69,76)(H,70,90)(H,71,77)(H,72,83)(H,86,87)(H,88,89)/b37-29+. The monoisotopic (exact) mass is 1370 g/mol. The van der Waals surface area contributed by atoms with Crippen molar-refractivity contribution in [2.45, 2.75) is 179 Å². The Morgan fingerprint density at radius 1 is 0.812 bits per heavy atom. The number of aliphatic hydroxyl groups is 3. The Kier molecular flexibility index (Phi) is 32.1. The number of hydrogen-bond donors (Lipinski definition) is 12. The van der Waals surface area contributed by atoms with Crippen molar-refractivity contribution in [1.29, 1.82) is 0 Å². The molecule has 31 heteroatoms. The first-order valence-electron chi connectivity index (χ1n) is 31.6. The third kappa shape index (κ3) is 24.1. The van der Waals surface area contributed by atoms with E-state index in [1.54, 1.807) is 79.2 Å². The van der Waals surface area contributed by atoms with E-state index in [0.29, 0.717) is 37.0 Å². The number of nitrogens with zero attached hydrogens (tertiary/aromatic N) is 2. The number of benzene rings is 2. The average molecular weight is 1370 g/mol. The highest BCUT2D eigenvalue weighted by Gasteiger charge is 2.49. The molecule has 12 N–H and O–H groups in total. The molecule has 2 aliphatic heterocycles. The van der Waals surface area contributed by atoms with Crippen molar-refractivity contribution in [3.63, 3.8) is 0 Å². The van der Waals surface area contributed by atoms with Crippen LogP contribution >= 0.6 is 11.8 Å². The lowest BCUT2D eigenvalue weighted by molar-refractivity contribution is -0.271. The first-order chi connectivity index (χ1) is 45.2. The first kappa shape index (κ1) is 80.7. The Bertz CT molecular complexity index is 3070. The second-order valence-corrected chi connectivity index (χ2v) is 26.4. The summed E-state index contributed by atoms with van der Waals surface area (Å²) in [6.45, 7) is 13.7. The molecule has 4 rings (SSSR count). The third-order valence-corrected chi connectivity index (χ3v) is 17.2. The van der Waals surface area contributed by atoms with Crippen LogP contribution in [-0.4, -0.2) is 228 Å². The molecule has 2 aromatic rings. The summed E-state index contributed by atoms with van der Waals surface area (Å²) < 4.78 is 27.1. The Balaban J connectivity index is 1.46. The first-order valence-corrected chi connectivity index (χ1v) is 32.9. The molecule has 2 saturated heterocycles. The highest BCUT2D eigenvalue weighted by molar-refractivity contribution is 8.00. The van der Waals surface area contributed by atoms with Gasteiger partial charge in [0.1, 0.15) is 42.8 Å². The van der Waals surface area contributed by atoms with Crippen LogP contribution in [-0.2, 0) is 85.5 Å². The number of aliphatic carboxylic acids is 2. The molecule has 10 unspecified atom stereocenters. The number of rotatable bonds is 38. The van der Waals surface area contributed by atoms with Gasteiger partial charge < -0.3 is 86.0 Å². The summed E-state index contributed by atoms with van der Waals surface area (Å²) in [5, 5.41) is 69.7. The number of carbonyl (C=O) groups excluding carboxylic acids is 9. The van der Waals surface area contributed by atoms with Crippen LogP contribution < -0.4 is 42.0 Å². The highest BCUT2D eigenvalue weighted by atomic mass is 32.2. The van der Waals surface area contributed by atoms with Crippen molar-refractivity contribution in [3.05, 3.63) is 70.8 Å². The largest absolute Gasteiger partial charge is 0.479 e. The van der Waals surface area contributed by atoms with E-state index in [-0.39, 0.29) is 112 Å². The number of nitrogens with one attached hydrogen (secondary N) is 7. The Morgan fingerprint density at radius 3 is 2.14 bits per heavy atom. The SMILES string of the molecule is CNC(C(=O)NC(C(=O)N(C)C(/C=C(\C)C(=O)O)C(C)C)C(C)(C)C)C(C)(C)c1cccc(NC(=O)OCc2ccc(OC3OC(C(=O)O)C(O)C(O)C3O)c(CNC(=O)CCNC(=O)C(CNC(=O)CCOCCOC)NC(=O)CCCCCN3C(=O)CC(SC)C3=O)c2)c1. The number of aliphatic hydroxyl groups excluding tert-OH is 3. The number of anilines is 1. The third-order valence-electron chi connectivity index (χ3n) is 16.3. The molecule has 0 bridgehead atoms. The molecule has 0 radical (unpaired) electrons. The van der Waals surface area contributed by atoms with E-state index in [9.17, 15) is 78.3 Å². The van der Waals surface area contributed by atoms with Crippen LogP contribution in [0.25, 0.3) is 0 Å². The minimum atomic E-state index is -2.03. The van der Waals surface area contributed by atoms with Crippen LogP contribution in [0, 0.1) is 11.3 Å². The summed E-state index contributed by atoms with van der Waals surface area (Å²) in [7, 11) is 4.66. The lowest BCUT2D eigenvalue weighted by Crippen LogP contribution is -2.61. The fourth-order valence-corrected chi connectivity index (χ4v) is 11.2. The number of likely N-dealkylation sites (tertiary alicyclic amines) is 1. The van der Waals surface area contributed by atoms with Gasteiger partial charge in [0.2, 0.25) is 53.5 Å². The summed E-state index contributed by atoms with van der Waals surface area (Å²) in [5.41, 5.74) is -0.385. The van der Waals surface area contributed by atoms with E-state index in [2.05, 4.69) is 37.2 Å². The molecular weight excluding hydrogens is 1270 g/mol. The van der Waals surface area contributed by atoms with Gasteiger partial charge in [0.15, 0.2) is 6.10 Å². The van der Waals surface area contributed by atoms with Crippen LogP contribution in [0.3, 0.4) is 0 Å². The number of likely N-dealkylation sites (N-methyl/N-ethyl adjacent to an activating group) is 2. The van der Waals surface area contributed by atoms with Crippen molar-refractivity contribution in [2.75, 3.05) is 72.2 Å². The van der Waals surface area contributed by atoms with Gasteiger partial charge in [-0.2, -0.15) is 11.8 Å².